The van der Waals surface area contributed by atoms with Crippen LogP contribution in [0.2, 0.25) is 0 Å². The van der Waals surface area contributed by atoms with Gasteiger partial charge in [0.05, 0.1) is 5.52 Å². The third-order valence-corrected chi connectivity index (χ3v) is 5.30. The number of anilines is 1. The molecule has 1 aliphatic rings. The highest BCUT2D eigenvalue weighted by Gasteiger charge is 2.27. The number of rotatable bonds is 3. The second-order valence-corrected chi connectivity index (χ2v) is 7.54. The number of carbonyl (C=O) groups is 2. The van der Waals surface area contributed by atoms with E-state index in [1.807, 2.05) is 54.3 Å². The molecule has 6 heteroatoms. The van der Waals surface area contributed by atoms with Gasteiger partial charge in [0.25, 0.3) is 11.8 Å². The molecule has 0 aliphatic carbocycles. The first kappa shape index (κ1) is 18.2. The van der Waals surface area contributed by atoms with Crippen molar-refractivity contribution in [2.75, 3.05) is 18.4 Å². The van der Waals surface area contributed by atoms with Crippen molar-refractivity contribution in [3.63, 3.8) is 0 Å². The highest BCUT2D eigenvalue weighted by Crippen LogP contribution is 2.21. The second-order valence-electron chi connectivity index (χ2n) is 7.54. The number of imidazole rings is 1. The van der Waals surface area contributed by atoms with Crippen molar-refractivity contribution in [3.05, 3.63) is 65.7 Å². The van der Waals surface area contributed by atoms with Gasteiger partial charge in [-0.25, -0.2) is 4.98 Å². The number of nitrogens with one attached hydrogen (secondary N) is 1. The monoisotopic (exact) mass is 376 g/mol. The Morgan fingerprint density at radius 2 is 1.89 bits per heavy atom. The predicted molar refractivity (Wildman–Crippen MR) is 109 cm³/mol. The lowest BCUT2D eigenvalue weighted by Gasteiger charge is -2.29. The first-order valence-corrected chi connectivity index (χ1v) is 9.67. The van der Waals surface area contributed by atoms with Gasteiger partial charge in [0.2, 0.25) is 5.82 Å². The average molecular weight is 376 g/mol. The summed E-state index contributed by atoms with van der Waals surface area (Å²) in [5.74, 6) is 0.410. The van der Waals surface area contributed by atoms with Crippen LogP contribution in [-0.4, -0.2) is 39.2 Å². The molecule has 0 saturated carbocycles. The van der Waals surface area contributed by atoms with Crippen LogP contribution in [0.15, 0.2) is 48.7 Å². The third-order valence-electron chi connectivity index (χ3n) is 5.30. The van der Waals surface area contributed by atoms with Crippen LogP contribution in [-0.2, 0) is 0 Å². The molecule has 3 heterocycles. The molecule has 0 radical (unpaired) electrons. The van der Waals surface area contributed by atoms with E-state index in [1.54, 1.807) is 10.6 Å². The van der Waals surface area contributed by atoms with E-state index in [9.17, 15) is 9.59 Å². The Morgan fingerprint density at radius 1 is 1.11 bits per heavy atom. The first-order chi connectivity index (χ1) is 13.5. The standard InChI is InChI=1S/C22H24N4O2/c1-15-9-12-25(13-10-15)22(28)19-18-8-3-4-11-26(18)20(24-19)21(27)23-17-7-5-6-16(2)14-17/h3-8,11,14-15H,9-10,12-13H2,1-2H3,(H,23,27). The fourth-order valence-corrected chi connectivity index (χ4v) is 3.63. The number of amides is 2. The molecule has 1 N–H and O–H groups in total. The van der Waals surface area contributed by atoms with E-state index in [1.165, 1.54) is 0 Å². The maximum Gasteiger partial charge on any atom is 0.292 e. The smallest absolute Gasteiger partial charge is 0.292 e. The minimum absolute atomic E-state index is 0.106. The molecular weight excluding hydrogens is 352 g/mol. The quantitative estimate of drug-likeness (QED) is 0.757. The molecule has 2 amide bonds. The van der Waals surface area contributed by atoms with Crippen LogP contribution in [0, 0.1) is 12.8 Å². The van der Waals surface area contributed by atoms with E-state index < -0.39 is 0 Å². The average Bonchev–Trinajstić information content (AvgIpc) is 3.08. The predicted octanol–water partition coefficient (Wildman–Crippen LogP) is 3.77. The number of carbonyl (C=O) groups excluding carboxylic acids is 2. The minimum Gasteiger partial charge on any atom is -0.337 e. The lowest BCUT2D eigenvalue weighted by molar-refractivity contribution is 0.0694. The molecule has 1 fully saturated rings. The Morgan fingerprint density at radius 3 is 2.64 bits per heavy atom. The molecule has 144 valence electrons. The van der Waals surface area contributed by atoms with E-state index in [0.29, 0.717) is 22.8 Å². The summed E-state index contributed by atoms with van der Waals surface area (Å²) in [7, 11) is 0. The molecule has 1 aromatic carbocycles. The van der Waals surface area contributed by atoms with Gasteiger partial charge in [-0.05, 0) is 55.5 Å². The van der Waals surface area contributed by atoms with E-state index in [4.69, 9.17) is 0 Å². The van der Waals surface area contributed by atoms with Gasteiger partial charge in [-0.3, -0.25) is 14.0 Å². The molecule has 0 bridgehead atoms. The summed E-state index contributed by atoms with van der Waals surface area (Å²) < 4.78 is 1.69. The number of aryl methyl sites for hydroxylation is 1. The van der Waals surface area contributed by atoms with Crippen molar-refractivity contribution >= 4 is 23.0 Å². The SMILES string of the molecule is Cc1cccc(NC(=O)c2nc(C(=O)N3CCC(C)CC3)c3ccccn23)c1. The Bertz CT molecular complexity index is 1030. The lowest BCUT2D eigenvalue weighted by Crippen LogP contribution is -2.38. The van der Waals surface area contributed by atoms with Gasteiger partial charge in [0.15, 0.2) is 5.69 Å². The molecule has 28 heavy (non-hydrogen) atoms. The van der Waals surface area contributed by atoms with Crippen LogP contribution in [0.5, 0.6) is 0 Å². The molecule has 4 rings (SSSR count). The number of hydrogen-bond acceptors (Lipinski definition) is 3. The van der Waals surface area contributed by atoms with Crippen molar-refractivity contribution in [1.82, 2.24) is 14.3 Å². The first-order valence-electron chi connectivity index (χ1n) is 9.67. The van der Waals surface area contributed by atoms with Gasteiger partial charge in [-0.1, -0.05) is 25.1 Å². The molecule has 2 aromatic heterocycles. The van der Waals surface area contributed by atoms with Gasteiger partial charge in [-0.2, -0.15) is 0 Å². The van der Waals surface area contributed by atoms with Gasteiger partial charge in [-0.15, -0.1) is 0 Å². The van der Waals surface area contributed by atoms with Crippen LogP contribution in [0.3, 0.4) is 0 Å². The summed E-state index contributed by atoms with van der Waals surface area (Å²) in [4.78, 5) is 32.3. The summed E-state index contributed by atoms with van der Waals surface area (Å²) in [5, 5.41) is 2.88. The fraction of sp³-hybridized carbons (Fsp3) is 0.318. The Kier molecular flexibility index (Phi) is 4.86. The molecular formula is C22H24N4O2. The van der Waals surface area contributed by atoms with E-state index in [2.05, 4.69) is 17.2 Å². The Hall–Kier alpha value is -3.15. The number of aromatic nitrogens is 2. The zero-order valence-corrected chi connectivity index (χ0v) is 16.2. The fourth-order valence-electron chi connectivity index (χ4n) is 3.63. The normalized spacial score (nSPS) is 15.0. The van der Waals surface area contributed by atoms with Crippen LogP contribution in [0.4, 0.5) is 5.69 Å². The summed E-state index contributed by atoms with van der Waals surface area (Å²) in [6, 6.07) is 13.1. The lowest BCUT2D eigenvalue weighted by atomic mass is 9.99. The van der Waals surface area contributed by atoms with E-state index >= 15 is 0 Å². The number of fused-ring (bicyclic) bond motifs is 1. The molecule has 3 aromatic rings. The van der Waals surface area contributed by atoms with Crippen molar-refractivity contribution in [2.24, 2.45) is 5.92 Å². The van der Waals surface area contributed by atoms with Crippen molar-refractivity contribution in [1.29, 1.82) is 0 Å². The van der Waals surface area contributed by atoms with Gasteiger partial charge < -0.3 is 10.2 Å². The van der Waals surface area contributed by atoms with Crippen molar-refractivity contribution in [3.8, 4) is 0 Å². The van der Waals surface area contributed by atoms with Crippen LogP contribution < -0.4 is 5.32 Å². The number of nitrogens with zero attached hydrogens (tertiary/aromatic N) is 3. The third kappa shape index (κ3) is 3.50. The van der Waals surface area contributed by atoms with Crippen LogP contribution >= 0.6 is 0 Å². The number of pyridine rings is 1. The summed E-state index contributed by atoms with van der Waals surface area (Å²) in [5.41, 5.74) is 2.75. The summed E-state index contributed by atoms with van der Waals surface area (Å²) in [6.07, 6.45) is 3.76. The summed E-state index contributed by atoms with van der Waals surface area (Å²) in [6.45, 7) is 5.64. The van der Waals surface area contributed by atoms with Gasteiger partial charge >= 0.3 is 0 Å². The van der Waals surface area contributed by atoms with Crippen LogP contribution in [0.1, 0.15) is 46.4 Å². The topological polar surface area (TPSA) is 66.7 Å². The van der Waals surface area contributed by atoms with E-state index in [-0.39, 0.29) is 17.6 Å². The van der Waals surface area contributed by atoms with Crippen molar-refractivity contribution < 1.29 is 9.59 Å². The largest absolute Gasteiger partial charge is 0.337 e. The molecule has 6 nitrogen and oxygen atoms in total. The Balaban J connectivity index is 1.66. The highest BCUT2D eigenvalue weighted by atomic mass is 16.2. The van der Waals surface area contributed by atoms with E-state index in [0.717, 1.165) is 31.5 Å². The highest BCUT2D eigenvalue weighted by molar-refractivity contribution is 6.06. The van der Waals surface area contributed by atoms with Crippen molar-refractivity contribution in [2.45, 2.75) is 26.7 Å². The second kappa shape index (κ2) is 7.46. The zero-order chi connectivity index (χ0) is 19.7. The zero-order valence-electron chi connectivity index (χ0n) is 16.2. The maximum absolute atomic E-state index is 13.1. The van der Waals surface area contributed by atoms with Crippen LogP contribution in [0.25, 0.3) is 5.52 Å². The number of likely N-dealkylation sites (tertiary alicyclic amines) is 1. The Labute approximate surface area is 164 Å². The molecule has 0 unspecified atom stereocenters. The maximum atomic E-state index is 13.1. The number of hydrogen-bond donors (Lipinski definition) is 1. The molecule has 0 spiro atoms. The van der Waals surface area contributed by atoms with Gasteiger partial charge in [0, 0.05) is 25.0 Å². The molecule has 1 aliphatic heterocycles. The number of piperidine rings is 1. The minimum atomic E-state index is -0.335. The summed E-state index contributed by atoms with van der Waals surface area (Å²) >= 11 is 0. The molecule has 0 atom stereocenters. The molecule has 1 saturated heterocycles. The van der Waals surface area contributed by atoms with Gasteiger partial charge in [0.1, 0.15) is 0 Å². The number of benzene rings is 1.